The van der Waals surface area contributed by atoms with Crippen molar-refractivity contribution in [1.82, 2.24) is 9.97 Å². The Kier molecular flexibility index (Phi) is 3.99. The molecule has 0 saturated heterocycles. The fourth-order valence-corrected chi connectivity index (χ4v) is 2.97. The first-order valence-corrected chi connectivity index (χ1v) is 7.12. The highest BCUT2D eigenvalue weighted by Gasteiger charge is 2.19. The first kappa shape index (κ1) is 13.7. The number of nitrogens with one attached hydrogen (secondary N) is 1. The number of hydrogen-bond acceptors (Lipinski definition) is 5. The summed E-state index contributed by atoms with van der Waals surface area (Å²) in [5.74, 6) is 0.429. The Morgan fingerprint density at radius 2 is 2.21 bits per heavy atom. The maximum atomic E-state index is 11.2. The quantitative estimate of drug-likeness (QED) is 0.880. The van der Waals surface area contributed by atoms with Crippen LogP contribution in [0, 0.1) is 13.8 Å². The van der Waals surface area contributed by atoms with Crippen LogP contribution in [0.5, 0.6) is 0 Å². The van der Waals surface area contributed by atoms with E-state index in [0.717, 1.165) is 22.2 Å². The molecule has 1 unspecified atom stereocenters. The summed E-state index contributed by atoms with van der Waals surface area (Å²) in [6, 6.07) is -0.609. The topological polar surface area (TPSA) is 75.1 Å². The van der Waals surface area contributed by atoms with E-state index in [2.05, 4.69) is 15.3 Å². The lowest BCUT2D eigenvalue weighted by atomic mass is 10.1. The van der Waals surface area contributed by atoms with Gasteiger partial charge in [0.1, 0.15) is 22.5 Å². The van der Waals surface area contributed by atoms with Crippen molar-refractivity contribution < 1.29 is 9.90 Å². The fourth-order valence-electron chi connectivity index (χ4n) is 2.01. The smallest absolute Gasteiger partial charge is 0.326 e. The van der Waals surface area contributed by atoms with Crippen molar-refractivity contribution in [3.8, 4) is 0 Å². The van der Waals surface area contributed by atoms with Gasteiger partial charge in [0.05, 0.1) is 5.39 Å². The summed E-state index contributed by atoms with van der Waals surface area (Å²) in [5.41, 5.74) is 1.07. The van der Waals surface area contributed by atoms with Crippen molar-refractivity contribution in [3.05, 3.63) is 16.8 Å². The molecule has 0 bridgehead atoms. The van der Waals surface area contributed by atoms with Gasteiger partial charge in [-0.25, -0.2) is 14.8 Å². The number of aryl methyl sites for hydroxylation is 2. The lowest BCUT2D eigenvalue weighted by Gasteiger charge is -2.15. The van der Waals surface area contributed by atoms with Gasteiger partial charge in [-0.15, -0.1) is 11.3 Å². The number of hydrogen-bond donors (Lipinski definition) is 2. The van der Waals surface area contributed by atoms with Crippen LogP contribution in [0.4, 0.5) is 5.82 Å². The fraction of sp³-hybridized carbons (Fsp3) is 0.462. The first-order chi connectivity index (χ1) is 9.02. The van der Waals surface area contributed by atoms with Gasteiger partial charge >= 0.3 is 5.97 Å². The van der Waals surface area contributed by atoms with E-state index in [0.29, 0.717) is 18.1 Å². The molecule has 2 rings (SSSR count). The maximum absolute atomic E-state index is 11.2. The second-order valence-corrected chi connectivity index (χ2v) is 5.40. The van der Waals surface area contributed by atoms with Crippen LogP contribution in [-0.2, 0) is 4.79 Å². The summed E-state index contributed by atoms with van der Waals surface area (Å²) in [6.07, 6.45) is 1.38. The number of carbonyl (C=O) groups is 1. The lowest BCUT2D eigenvalue weighted by molar-refractivity contribution is -0.138. The maximum Gasteiger partial charge on any atom is 0.326 e. The number of carboxylic acids is 1. The molecule has 102 valence electrons. The number of aromatic nitrogens is 2. The summed E-state index contributed by atoms with van der Waals surface area (Å²) in [5, 5.41) is 15.2. The largest absolute Gasteiger partial charge is 0.480 e. The molecule has 0 aromatic carbocycles. The van der Waals surface area contributed by atoms with Crippen molar-refractivity contribution in [2.75, 3.05) is 5.32 Å². The Morgan fingerprint density at radius 3 is 2.84 bits per heavy atom. The first-order valence-electron chi connectivity index (χ1n) is 6.24. The molecule has 2 N–H and O–H groups in total. The van der Waals surface area contributed by atoms with Crippen LogP contribution in [0.3, 0.4) is 0 Å². The zero-order valence-corrected chi connectivity index (χ0v) is 12.0. The zero-order valence-electron chi connectivity index (χ0n) is 11.2. The Balaban J connectivity index is 2.43. The molecule has 0 aliphatic carbocycles. The van der Waals surface area contributed by atoms with Gasteiger partial charge < -0.3 is 10.4 Å². The van der Waals surface area contributed by atoms with E-state index in [1.807, 2.05) is 26.2 Å². The summed E-state index contributed by atoms with van der Waals surface area (Å²) in [4.78, 5) is 20.9. The third kappa shape index (κ3) is 2.84. The molecule has 0 spiro atoms. The Hall–Kier alpha value is -1.69. The number of carboxylic acid groups (broad SMARTS) is 1. The van der Waals surface area contributed by atoms with Crippen molar-refractivity contribution in [2.45, 2.75) is 39.7 Å². The van der Waals surface area contributed by atoms with Crippen LogP contribution in [0.1, 0.15) is 31.2 Å². The lowest BCUT2D eigenvalue weighted by Crippen LogP contribution is -2.29. The zero-order chi connectivity index (χ0) is 14.0. The molecule has 0 saturated carbocycles. The minimum atomic E-state index is -0.848. The van der Waals surface area contributed by atoms with Crippen LogP contribution < -0.4 is 5.32 Å². The average Bonchev–Trinajstić information content (AvgIpc) is 2.70. The molecule has 6 heteroatoms. The van der Waals surface area contributed by atoms with E-state index >= 15 is 0 Å². The summed E-state index contributed by atoms with van der Waals surface area (Å²) >= 11 is 1.55. The van der Waals surface area contributed by atoms with Crippen molar-refractivity contribution in [2.24, 2.45) is 0 Å². The van der Waals surface area contributed by atoms with Crippen LogP contribution in [0.15, 0.2) is 5.38 Å². The van der Waals surface area contributed by atoms with Crippen LogP contribution in [0.2, 0.25) is 0 Å². The summed E-state index contributed by atoms with van der Waals surface area (Å²) < 4.78 is 0. The van der Waals surface area contributed by atoms with E-state index in [1.165, 1.54) is 0 Å². The number of fused-ring (bicyclic) bond motifs is 1. The molecule has 0 fully saturated rings. The summed E-state index contributed by atoms with van der Waals surface area (Å²) in [6.45, 7) is 5.77. The van der Waals surface area contributed by atoms with Gasteiger partial charge in [-0.2, -0.15) is 0 Å². The van der Waals surface area contributed by atoms with Crippen LogP contribution in [-0.4, -0.2) is 27.1 Å². The van der Waals surface area contributed by atoms with Gasteiger partial charge in [0.15, 0.2) is 0 Å². The highest BCUT2D eigenvalue weighted by molar-refractivity contribution is 7.17. The third-order valence-electron chi connectivity index (χ3n) is 2.92. The van der Waals surface area contributed by atoms with Gasteiger partial charge in [0.2, 0.25) is 0 Å². The predicted molar refractivity (Wildman–Crippen MR) is 76.8 cm³/mol. The summed E-state index contributed by atoms with van der Waals surface area (Å²) in [7, 11) is 0. The van der Waals surface area contributed by atoms with Crippen LogP contribution in [0.25, 0.3) is 10.2 Å². The minimum Gasteiger partial charge on any atom is -0.480 e. The molecule has 0 aliphatic heterocycles. The van der Waals surface area contributed by atoms with E-state index in [9.17, 15) is 9.90 Å². The number of anilines is 1. The molecule has 0 aliphatic rings. The normalized spacial score (nSPS) is 12.6. The van der Waals surface area contributed by atoms with E-state index in [4.69, 9.17) is 0 Å². The molecule has 2 aromatic rings. The number of nitrogens with zero attached hydrogens (tertiary/aromatic N) is 2. The van der Waals surface area contributed by atoms with E-state index in [1.54, 1.807) is 11.3 Å². The van der Waals surface area contributed by atoms with Gasteiger partial charge in [-0.05, 0) is 31.2 Å². The molecule has 0 amide bonds. The SMILES string of the molecule is CCCC(Nc1nc(C)nc2scc(C)c12)C(=O)O. The predicted octanol–water partition coefficient (Wildman–Crippen LogP) is 2.97. The number of thiophene rings is 1. The second kappa shape index (κ2) is 5.52. The Bertz CT molecular complexity index is 609. The van der Waals surface area contributed by atoms with Crippen molar-refractivity contribution >= 4 is 33.3 Å². The molecule has 1 atom stereocenters. The standard InChI is InChI=1S/C13H17N3O2S/c1-4-5-9(13(17)18)16-11-10-7(2)6-19-12(10)15-8(3)14-11/h6,9H,4-5H2,1-3H3,(H,17,18)(H,14,15,16). The van der Waals surface area contributed by atoms with Crippen molar-refractivity contribution in [1.29, 1.82) is 0 Å². The van der Waals surface area contributed by atoms with E-state index < -0.39 is 12.0 Å². The number of rotatable bonds is 5. The molecule has 2 heterocycles. The number of aliphatic carboxylic acids is 1. The molecular weight excluding hydrogens is 262 g/mol. The minimum absolute atomic E-state index is 0.572. The molecule has 2 aromatic heterocycles. The highest BCUT2D eigenvalue weighted by Crippen LogP contribution is 2.29. The van der Waals surface area contributed by atoms with E-state index in [-0.39, 0.29) is 0 Å². The van der Waals surface area contributed by atoms with Gasteiger partial charge in [0.25, 0.3) is 0 Å². The Labute approximate surface area is 115 Å². The average molecular weight is 279 g/mol. The second-order valence-electron chi connectivity index (χ2n) is 4.54. The van der Waals surface area contributed by atoms with Gasteiger partial charge in [-0.1, -0.05) is 13.3 Å². The molecular formula is C13H17N3O2S. The van der Waals surface area contributed by atoms with Gasteiger partial charge in [0, 0.05) is 0 Å². The van der Waals surface area contributed by atoms with Crippen LogP contribution >= 0.6 is 11.3 Å². The van der Waals surface area contributed by atoms with Gasteiger partial charge in [-0.3, -0.25) is 0 Å². The molecule has 0 radical (unpaired) electrons. The molecule has 19 heavy (non-hydrogen) atoms. The highest BCUT2D eigenvalue weighted by atomic mass is 32.1. The monoisotopic (exact) mass is 279 g/mol. The van der Waals surface area contributed by atoms with Crippen molar-refractivity contribution in [3.63, 3.8) is 0 Å². The Morgan fingerprint density at radius 1 is 1.47 bits per heavy atom. The third-order valence-corrected chi connectivity index (χ3v) is 3.91. The molecule has 5 nitrogen and oxygen atoms in total.